The Hall–Kier alpha value is -5.21. The Labute approximate surface area is 420 Å². The van der Waals surface area contributed by atoms with Crippen molar-refractivity contribution in [3.8, 4) is 11.5 Å². The van der Waals surface area contributed by atoms with Gasteiger partial charge in [-0.05, 0) is 201 Å². The summed E-state index contributed by atoms with van der Waals surface area (Å²) < 4.78 is 5.36. The molecule has 8 atom stereocenters. The molecule has 4 aliphatic rings. The number of rotatable bonds is 24. The van der Waals surface area contributed by atoms with Gasteiger partial charge in [0.25, 0.3) is 0 Å². The summed E-state index contributed by atoms with van der Waals surface area (Å²) in [5, 5.41) is 52.8. The molecule has 12 nitrogen and oxygen atoms in total. The van der Waals surface area contributed by atoms with Crippen molar-refractivity contribution in [3.63, 3.8) is 0 Å². The van der Waals surface area contributed by atoms with E-state index in [4.69, 9.17) is 10.5 Å². The number of carbonyl (C=O) groups excluding carboxylic acids is 2. The molecule has 2 saturated carbocycles. The highest BCUT2D eigenvalue weighted by Gasteiger charge is 2.49. The summed E-state index contributed by atoms with van der Waals surface area (Å²) in [5.41, 5.74) is 13.3. The van der Waals surface area contributed by atoms with Crippen molar-refractivity contribution in [2.24, 2.45) is 29.1 Å². The highest BCUT2D eigenvalue weighted by molar-refractivity contribution is 6.07. The van der Waals surface area contributed by atoms with Crippen LogP contribution < -0.4 is 26.4 Å². The number of hydrogen-bond donors (Lipinski definition) is 8. The number of carbonyl (C=O) groups is 2. The van der Waals surface area contributed by atoms with Crippen LogP contribution in [0.3, 0.4) is 0 Å². The van der Waals surface area contributed by atoms with E-state index in [1.165, 1.54) is 47.7 Å². The number of aliphatic hydroxyl groups is 3. The number of anilines is 1. The highest BCUT2D eigenvalue weighted by Crippen LogP contribution is 2.53. The number of allylic oxidation sites excluding steroid dienone is 1. The molecule has 4 aromatic rings. The van der Waals surface area contributed by atoms with Crippen molar-refractivity contribution in [2.75, 3.05) is 45.3 Å². The molecule has 1 aromatic heterocycles. The van der Waals surface area contributed by atoms with Gasteiger partial charge in [0, 0.05) is 37.8 Å². The van der Waals surface area contributed by atoms with Gasteiger partial charge in [-0.3, -0.25) is 9.59 Å². The van der Waals surface area contributed by atoms with Crippen LogP contribution >= 0.6 is 0 Å². The van der Waals surface area contributed by atoms with E-state index >= 15 is 0 Å². The molecule has 2 aliphatic heterocycles. The number of nitrogen functional groups attached to an aromatic ring is 1. The number of fused-ring (bicyclic) bond motifs is 2. The second kappa shape index (κ2) is 25.0. The Morgan fingerprint density at radius 1 is 0.972 bits per heavy atom. The van der Waals surface area contributed by atoms with Crippen LogP contribution in [0.4, 0.5) is 5.82 Å². The Kier molecular flexibility index (Phi) is 18.3. The lowest BCUT2D eigenvalue weighted by atomic mass is 9.57. The Bertz CT molecular complexity index is 2480. The Morgan fingerprint density at radius 3 is 2.55 bits per heavy atom. The number of benzene rings is 3. The summed E-state index contributed by atoms with van der Waals surface area (Å²) in [7, 11) is 0. The lowest BCUT2D eigenvalue weighted by Crippen LogP contribution is -2.56. The van der Waals surface area contributed by atoms with Crippen molar-refractivity contribution in [2.45, 2.75) is 121 Å². The fourth-order valence-electron chi connectivity index (χ4n) is 12.7. The normalized spacial score (nSPS) is 24.5. The minimum Gasteiger partial charge on any atom is -0.504 e. The Morgan fingerprint density at radius 2 is 1.76 bits per heavy atom. The van der Waals surface area contributed by atoms with Crippen LogP contribution in [0, 0.1) is 29.1 Å². The average molecular weight is 968 g/mol. The molecule has 0 bridgehead atoms. The van der Waals surface area contributed by atoms with Crippen molar-refractivity contribution < 1.29 is 34.8 Å². The van der Waals surface area contributed by atoms with E-state index in [9.17, 15) is 30.0 Å². The number of piperidine rings is 1. The zero-order valence-electron chi connectivity index (χ0n) is 41.7. The second-order valence-electron chi connectivity index (χ2n) is 21.2. The predicted octanol–water partition coefficient (Wildman–Crippen LogP) is 7.22. The first-order valence-corrected chi connectivity index (χ1v) is 26.3. The number of ether oxygens (including phenoxy) is 1. The number of aromatic nitrogens is 1. The van der Waals surface area contributed by atoms with Gasteiger partial charge < -0.3 is 46.8 Å². The number of nitrogens with one attached hydrogen (secondary N) is 3. The summed E-state index contributed by atoms with van der Waals surface area (Å²) in [6.45, 7) is 4.23. The number of hydrogen-bond acceptors (Lipinski definition) is 12. The molecule has 1 saturated heterocycles. The number of nitrogens with two attached hydrogens (primary N) is 1. The van der Waals surface area contributed by atoms with E-state index in [1.807, 2.05) is 19.1 Å². The third-order valence-corrected chi connectivity index (χ3v) is 16.1. The molecule has 2 aliphatic carbocycles. The van der Waals surface area contributed by atoms with Crippen LogP contribution in [-0.4, -0.2) is 94.7 Å². The Balaban J connectivity index is 0.942. The molecule has 3 fully saturated rings. The van der Waals surface area contributed by atoms with E-state index in [2.05, 4.69) is 81.6 Å². The number of phenolic OH excluding ortho intramolecular Hbond substituents is 1. The molecular formula is C59H77N5O7. The van der Waals surface area contributed by atoms with E-state index < -0.39 is 25.3 Å². The van der Waals surface area contributed by atoms with Gasteiger partial charge >= 0.3 is 0 Å². The summed E-state index contributed by atoms with van der Waals surface area (Å²) in [6.07, 6.45) is 19.3. The number of aromatic hydroxyl groups is 1. The zero-order chi connectivity index (χ0) is 49.7. The fraction of sp³-hybridized carbons (Fsp3) is 0.508. The molecule has 12 heteroatoms. The third kappa shape index (κ3) is 14.1. The second-order valence-corrected chi connectivity index (χ2v) is 21.2. The van der Waals surface area contributed by atoms with Gasteiger partial charge in [-0.1, -0.05) is 66.7 Å². The number of phenols is 1. The monoisotopic (exact) mass is 968 g/mol. The standard InChI is InChI=1S/C59H77N5O7/c1-39(67)34-63-49-18-21-59(32-49,33-54-52-19-23-61-35-47(52)25-44-12-7-22-62-58(44)54)20-6-13-50(68)30-51(69)27-48(37-65)53-31-56(71-38-66)55(70)28-45(53)26-46-36-64-57(60)29-43(46)17-16-42-11-5-10-41(24-42)15-14-40-8-3-2-4-9-40/h2-5,7-12,24,27-29,31,36,39,44,47,49,52,54,58,61-63,65-67,70H,6,13-23,25-26,30,32-35,37-38H2,1H3,(H2,60,64)/b48-27+/t39-,44-,47-,49+,52+,54+,58+,59+/m0/s1. The van der Waals surface area contributed by atoms with Crippen molar-refractivity contribution in [3.05, 3.63) is 136 Å². The first-order chi connectivity index (χ1) is 34.5. The molecular weight excluding hydrogens is 891 g/mol. The largest absolute Gasteiger partial charge is 0.504 e. The summed E-state index contributed by atoms with van der Waals surface area (Å²) in [5.74, 6) is 2.06. The van der Waals surface area contributed by atoms with Crippen LogP contribution in [0.15, 0.2) is 97.2 Å². The maximum Gasteiger partial charge on any atom is 0.186 e. The first-order valence-electron chi connectivity index (χ1n) is 26.3. The molecule has 3 aromatic carbocycles. The SMILES string of the molecule is C[C@H](O)CN[C@@H]1CC[C@@](CCCC(=O)CC(=O)/C=C(\CO)c2cc(OCO)c(O)cc2Cc2cnc(N)cc2CCc2cccc(CCc3ccccc3)c2)(C[C@@H]2[C@@H]3CCNC[C@@H]3C[C@@H]3C=CCN[C@@H]23)C1. The molecule has 8 rings (SSSR count). The van der Waals surface area contributed by atoms with Crippen LogP contribution in [0.2, 0.25) is 0 Å². The number of aliphatic hydroxyl groups excluding tert-OH is 3. The quantitative estimate of drug-likeness (QED) is 0.0152. The molecule has 3 heterocycles. The van der Waals surface area contributed by atoms with Gasteiger partial charge in [0.2, 0.25) is 0 Å². The number of ketones is 2. The van der Waals surface area contributed by atoms with Gasteiger partial charge in [-0.15, -0.1) is 0 Å². The summed E-state index contributed by atoms with van der Waals surface area (Å²) in [4.78, 5) is 31.9. The van der Waals surface area contributed by atoms with Crippen molar-refractivity contribution in [1.29, 1.82) is 0 Å². The molecule has 9 N–H and O–H groups in total. The lowest BCUT2D eigenvalue weighted by molar-refractivity contribution is -0.124. The third-order valence-electron chi connectivity index (χ3n) is 16.1. The van der Waals surface area contributed by atoms with Gasteiger partial charge in [-0.2, -0.15) is 0 Å². The summed E-state index contributed by atoms with van der Waals surface area (Å²) in [6, 6.07) is 24.8. The molecule has 0 spiro atoms. The highest BCUT2D eigenvalue weighted by atomic mass is 16.6. The average Bonchev–Trinajstić information content (AvgIpc) is 3.78. The number of aryl methyl sites for hydroxylation is 4. The van der Waals surface area contributed by atoms with E-state index in [0.717, 1.165) is 82.1 Å². The van der Waals surface area contributed by atoms with Crippen molar-refractivity contribution in [1.82, 2.24) is 20.9 Å². The fourth-order valence-corrected chi connectivity index (χ4v) is 12.7. The molecule has 0 amide bonds. The van der Waals surface area contributed by atoms with Gasteiger partial charge in [0.05, 0.1) is 19.1 Å². The van der Waals surface area contributed by atoms with Gasteiger partial charge in [0.1, 0.15) is 11.6 Å². The first kappa shape index (κ1) is 52.1. The van der Waals surface area contributed by atoms with Crippen LogP contribution in [0.1, 0.15) is 110 Å². The minimum absolute atomic E-state index is 0.00349. The molecule has 71 heavy (non-hydrogen) atoms. The minimum atomic E-state index is -0.688. The lowest BCUT2D eigenvalue weighted by Gasteiger charge is -2.52. The number of pyridine rings is 1. The number of Topliss-reactive ketones (excluding diaryl/α,β-unsaturated/α-hetero) is 1. The molecule has 380 valence electrons. The molecule has 0 unspecified atom stereocenters. The van der Waals surface area contributed by atoms with Gasteiger partial charge in [-0.25, -0.2) is 4.98 Å². The van der Waals surface area contributed by atoms with Crippen LogP contribution in [0.25, 0.3) is 5.57 Å². The maximum atomic E-state index is 13.8. The smallest absolute Gasteiger partial charge is 0.186 e. The van der Waals surface area contributed by atoms with E-state index in [0.29, 0.717) is 78.5 Å². The van der Waals surface area contributed by atoms with Crippen LogP contribution in [0.5, 0.6) is 11.5 Å². The predicted molar refractivity (Wildman–Crippen MR) is 280 cm³/mol. The van der Waals surface area contributed by atoms with Crippen LogP contribution in [-0.2, 0) is 41.7 Å². The topological polar surface area (TPSA) is 199 Å². The maximum absolute atomic E-state index is 13.8. The van der Waals surface area contributed by atoms with Gasteiger partial charge in [0.15, 0.2) is 24.1 Å². The molecule has 0 radical (unpaired) electrons. The zero-order valence-corrected chi connectivity index (χ0v) is 41.7. The van der Waals surface area contributed by atoms with E-state index in [-0.39, 0.29) is 41.1 Å². The number of nitrogens with zero attached hydrogens (tertiary/aromatic N) is 1. The van der Waals surface area contributed by atoms with E-state index in [1.54, 1.807) is 6.20 Å². The summed E-state index contributed by atoms with van der Waals surface area (Å²) >= 11 is 0. The van der Waals surface area contributed by atoms with Crippen molar-refractivity contribution >= 4 is 23.0 Å².